The van der Waals surface area contributed by atoms with Gasteiger partial charge in [-0.2, -0.15) is 0 Å². The predicted molar refractivity (Wildman–Crippen MR) is 69.5 cm³/mol. The van der Waals surface area contributed by atoms with Gasteiger partial charge in [0.25, 0.3) is 0 Å². The lowest BCUT2D eigenvalue weighted by Crippen LogP contribution is -2.34. The summed E-state index contributed by atoms with van der Waals surface area (Å²) in [6.45, 7) is 1.90. The van der Waals surface area contributed by atoms with Crippen LogP contribution in [0.2, 0.25) is 10.0 Å². The highest BCUT2D eigenvalue weighted by molar-refractivity contribution is 6.35. The van der Waals surface area contributed by atoms with Crippen LogP contribution in [-0.2, 0) is 11.2 Å². The smallest absolute Gasteiger partial charge is 0.224 e. The maximum atomic E-state index is 11.7. The van der Waals surface area contributed by atoms with E-state index in [1.54, 1.807) is 18.2 Å². The highest BCUT2D eigenvalue weighted by Crippen LogP contribution is 2.21. The molecule has 0 fully saturated rings. The molecule has 94 valence electrons. The summed E-state index contributed by atoms with van der Waals surface area (Å²) in [6, 6.07) is 5.01. The topological polar surface area (TPSA) is 49.3 Å². The van der Waals surface area contributed by atoms with Crippen molar-refractivity contribution in [3.05, 3.63) is 33.8 Å². The Kier molecular flexibility index (Phi) is 5.75. The number of aliphatic hydroxyl groups excluding tert-OH is 1. The van der Waals surface area contributed by atoms with E-state index < -0.39 is 0 Å². The van der Waals surface area contributed by atoms with Crippen molar-refractivity contribution >= 4 is 29.1 Å². The number of halogens is 2. The van der Waals surface area contributed by atoms with Crippen LogP contribution >= 0.6 is 23.2 Å². The minimum absolute atomic E-state index is 0.0430. The van der Waals surface area contributed by atoms with Crippen molar-refractivity contribution in [2.45, 2.75) is 25.8 Å². The fourth-order valence-corrected chi connectivity index (χ4v) is 1.91. The van der Waals surface area contributed by atoms with Crippen LogP contribution in [0.3, 0.4) is 0 Å². The van der Waals surface area contributed by atoms with Gasteiger partial charge in [0.1, 0.15) is 0 Å². The first kappa shape index (κ1) is 14.3. The lowest BCUT2D eigenvalue weighted by molar-refractivity contribution is -0.121. The summed E-state index contributed by atoms with van der Waals surface area (Å²) in [7, 11) is 0. The van der Waals surface area contributed by atoms with E-state index in [2.05, 4.69) is 5.32 Å². The van der Waals surface area contributed by atoms with E-state index in [1.165, 1.54) is 0 Å². The van der Waals surface area contributed by atoms with Crippen LogP contribution in [-0.4, -0.2) is 23.7 Å². The van der Waals surface area contributed by atoms with Crippen LogP contribution in [0.1, 0.15) is 18.9 Å². The molecule has 0 aliphatic carbocycles. The molecule has 17 heavy (non-hydrogen) atoms. The van der Waals surface area contributed by atoms with Crippen LogP contribution in [0.4, 0.5) is 0 Å². The van der Waals surface area contributed by atoms with Crippen molar-refractivity contribution in [1.82, 2.24) is 5.32 Å². The minimum Gasteiger partial charge on any atom is -0.396 e. The molecule has 0 unspecified atom stereocenters. The van der Waals surface area contributed by atoms with Crippen LogP contribution in [0, 0.1) is 0 Å². The summed E-state index contributed by atoms with van der Waals surface area (Å²) in [4.78, 5) is 11.7. The molecule has 3 nitrogen and oxygen atoms in total. The van der Waals surface area contributed by atoms with Gasteiger partial charge < -0.3 is 10.4 Å². The molecule has 1 amide bonds. The molecule has 0 radical (unpaired) electrons. The maximum absolute atomic E-state index is 11.7. The lowest BCUT2D eigenvalue weighted by Gasteiger charge is -2.12. The third-order valence-corrected chi connectivity index (χ3v) is 2.92. The molecule has 1 atom stereocenters. The zero-order valence-corrected chi connectivity index (χ0v) is 11.1. The van der Waals surface area contributed by atoms with Gasteiger partial charge in [0, 0.05) is 22.7 Å². The standard InChI is InChI=1S/C12H15Cl2NO2/c1-8(4-5-16)15-12(17)6-9-2-3-10(13)7-11(9)14/h2-3,7-8,16H,4-6H2,1H3,(H,15,17)/t8-/m1/s1. The summed E-state index contributed by atoms with van der Waals surface area (Å²) in [5, 5.41) is 12.5. The first-order valence-electron chi connectivity index (χ1n) is 5.37. The molecule has 0 aromatic heterocycles. The third kappa shape index (κ3) is 4.94. The fourth-order valence-electron chi connectivity index (χ4n) is 1.43. The molecule has 1 aromatic rings. The van der Waals surface area contributed by atoms with Gasteiger partial charge in [-0.25, -0.2) is 0 Å². The van der Waals surface area contributed by atoms with Crippen molar-refractivity contribution in [1.29, 1.82) is 0 Å². The lowest BCUT2D eigenvalue weighted by atomic mass is 10.1. The Hall–Kier alpha value is -0.770. The van der Waals surface area contributed by atoms with Crippen molar-refractivity contribution < 1.29 is 9.90 Å². The Morgan fingerprint density at radius 2 is 2.18 bits per heavy atom. The molecule has 0 bridgehead atoms. The minimum atomic E-state index is -0.116. The van der Waals surface area contributed by atoms with E-state index in [-0.39, 0.29) is 25.0 Å². The summed E-state index contributed by atoms with van der Waals surface area (Å²) >= 11 is 11.7. The van der Waals surface area contributed by atoms with Gasteiger partial charge >= 0.3 is 0 Å². The van der Waals surface area contributed by atoms with E-state index in [0.29, 0.717) is 16.5 Å². The van der Waals surface area contributed by atoms with Gasteiger partial charge in [-0.15, -0.1) is 0 Å². The Morgan fingerprint density at radius 1 is 1.47 bits per heavy atom. The molecule has 0 heterocycles. The molecule has 0 spiro atoms. The Labute approximate surface area is 111 Å². The zero-order valence-electron chi connectivity index (χ0n) is 9.54. The molecule has 0 saturated carbocycles. The second-order valence-electron chi connectivity index (χ2n) is 3.89. The van der Waals surface area contributed by atoms with E-state index in [9.17, 15) is 4.79 Å². The van der Waals surface area contributed by atoms with Crippen LogP contribution < -0.4 is 5.32 Å². The highest BCUT2D eigenvalue weighted by atomic mass is 35.5. The summed E-state index contributed by atoms with van der Waals surface area (Å²) in [6.07, 6.45) is 0.756. The first-order valence-corrected chi connectivity index (χ1v) is 6.12. The van der Waals surface area contributed by atoms with E-state index in [4.69, 9.17) is 28.3 Å². The van der Waals surface area contributed by atoms with Crippen molar-refractivity contribution in [2.24, 2.45) is 0 Å². The average Bonchev–Trinajstić information content (AvgIpc) is 2.22. The number of carbonyl (C=O) groups is 1. The second kappa shape index (κ2) is 6.84. The Bertz CT molecular complexity index is 396. The second-order valence-corrected chi connectivity index (χ2v) is 4.74. The Balaban J connectivity index is 2.56. The molecule has 5 heteroatoms. The van der Waals surface area contributed by atoms with Gasteiger partial charge in [0.2, 0.25) is 5.91 Å². The van der Waals surface area contributed by atoms with Gasteiger partial charge in [-0.3, -0.25) is 4.79 Å². The van der Waals surface area contributed by atoms with Crippen LogP contribution in [0.15, 0.2) is 18.2 Å². The Morgan fingerprint density at radius 3 is 2.76 bits per heavy atom. The van der Waals surface area contributed by atoms with E-state index >= 15 is 0 Å². The number of hydrogen-bond donors (Lipinski definition) is 2. The molecular formula is C12H15Cl2NO2. The number of aliphatic hydroxyl groups is 1. The number of benzene rings is 1. The van der Waals surface area contributed by atoms with Gasteiger partial charge in [0.15, 0.2) is 0 Å². The molecule has 0 saturated heterocycles. The number of rotatable bonds is 5. The van der Waals surface area contributed by atoms with Crippen molar-refractivity contribution in [2.75, 3.05) is 6.61 Å². The number of nitrogens with one attached hydrogen (secondary N) is 1. The molecule has 0 aliphatic rings. The van der Waals surface area contributed by atoms with Crippen molar-refractivity contribution in [3.63, 3.8) is 0 Å². The maximum Gasteiger partial charge on any atom is 0.224 e. The number of carbonyl (C=O) groups excluding carboxylic acids is 1. The molecule has 2 N–H and O–H groups in total. The highest BCUT2D eigenvalue weighted by Gasteiger charge is 2.10. The molecule has 1 aromatic carbocycles. The largest absolute Gasteiger partial charge is 0.396 e. The predicted octanol–water partition coefficient (Wildman–Crippen LogP) is 2.42. The summed E-state index contributed by atoms with van der Waals surface area (Å²) in [5.74, 6) is -0.116. The molecule has 0 aliphatic heterocycles. The first-order chi connectivity index (χ1) is 8.02. The normalized spacial score (nSPS) is 12.2. The molecule has 1 rings (SSSR count). The number of amides is 1. The van der Waals surface area contributed by atoms with Crippen molar-refractivity contribution in [3.8, 4) is 0 Å². The van der Waals surface area contributed by atoms with Gasteiger partial charge in [0.05, 0.1) is 6.42 Å². The molecular weight excluding hydrogens is 261 g/mol. The summed E-state index contributed by atoms with van der Waals surface area (Å²) in [5.41, 5.74) is 0.741. The SMILES string of the molecule is C[C@H](CCO)NC(=O)Cc1ccc(Cl)cc1Cl. The fraction of sp³-hybridized carbons (Fsp3) is 0.417. The quantitative estimate of drug-likeness (QED) is 0.867. The van der Waals surface area contributed by atoms with E-state index in [0.717, 1.165) is 5.56 Å². The van der Waals surface area contributed by atoms with E-state index in [1.807, 2.05) is 6.92 Å². The monoisotopic (exact) mass is 275 g/mol. The van der Waals surface area contributed by atoms with Crippen LogP contribution in [0.5, 0.6) is 0 Å². The third-order valence-electron chi connectivity index (χ3n) is 2.34. The van der Waals surface area contributed by atoms with Crippen LogP contribution in [0.25, 0.3) is 0 Å². The average molecular weight is 276 g/mol. The summed E-state index contributed by atoms with van der Waals surface area (Å²) < 4.78 is 0. The number of hydrogen-bond acceptors (Lipinski definition) is 2. The zero-order chi connectivity index (χ0) is 12.8. The van der Waals surface area contributed by atoms with Gasteiger partial charge in [-0.1, -0.05) is 29.3 Å². The van der Waals surface area contributed by atoms with Gasteiger partial charge in [-0.05, 0) is 31.0 Å².